The maximum Gasteiger partial charge on any atom is 0.354 e. The molecular formula is C17H17BrO7. The molecule has 0 aliphatic carbocycles. The molecule has 2 heterocycles. The normalized spacial score (nSPS) is 25.0. The molecule has 2 aliphatic heterocycles. The van der Waals surface area contributed by atoms with Gasteiger partial charge in [0.15, 0.2) is 11.9 Å². The van der Waals surface area contributed by atoms with Crippen molar-refractivity contribution in [3.05, 3.63) is 21.7 Å². The molecule has 134 valence electrons. The van der Waals surface area contributed by atoms with Crippen molar-refractivity contribution in [3.63, 3.8) is 0 Å². The first kappa shape index (κ1) is 17.7. The highest BCUT2D eigenvalue weighted by Crippen LogP contribution is 2.47. The first-order valence-electron chi connectivity index (χ1n) is 7.71. The highest BCUT2D eigenvalue weighted by molar-refractivity contribution is 9.10. The van der Waals surface area contributed by atoms with Crippen molar-refractivity contribution in [1.82, 2.24) is 0 Å². The number of halogens is 1. The van der Waals surface area contributed by atoms with Gasteiger partial charge in [0.05, 0.1) is 25.1 Å². The van der Waals surface area contributed by atoms with Crippen LogP contribution in [0.3, 0.4) is 0 Å². The van der Waals surface area contributed by atoms with Gasteiger partial charge in [-0.1, -0.05) is 0 Å². The molecule has 3 rings (SSSR count). The lowest BCUT2D eigenvalue weighted by atomic mass is 9.83. The van der Waals surface area contributed by atoms with Gasteiger partial charge in [-0.15, -0.1) is 0 Å². The van der Waals surface area contributed by atoms with Crippen LogP contribution in [0.15, 0.2) is 10.5 Å². The summed E-state index contributed by atoms with van der Waals surface area (Å²) in [5.41, 5.74) is -0.678. The van der Waals surface area contributed by atoms with E-state index in [0.29, 0.717) is 10.2 Å². The number of fused-ring (bicyclic) bond motifs is 1. The quantitative estimate of drug-likeness (QED) is 0.703. The average Bonchev–Trinajstić information content (AvgIpc) is 3.03. The SMILES string of the molecule is COC(=O)C1(C2CCC(=O)O2)CC(=O)c2c(OC)cc(C)c(Br)c2O1. The molecule has 0 saturated carbocycles. The molecule has 7 nitrogen and oxygen atoms in total. The van der Waals surface area contributed by atoms with Crippen molar-refractivity contribution in [2.24, 2.45) is 0 Å². The lowest BCUT2D eigenvalue weighted by Crippen LogP contribution is -2.58. The summed E-state index contributed by atoms with van der Waals surface area (Å²) < 4.78 is 22.0. The van der Waals surface area contributed by atoms with E-state index in [0.717, 1.165) is 5.56 Å². The second kappa shape index (κ2) is 6.33. The van der Waals surface area contributed by atoms with Gasteiger partial charge in [-0.25, -0.2) is 4.79 Å². The molecule has 0 bridgehead atoms. The number of hydrogen-bond acceptors (Lipinski definition) is 7. The Hall–Kier alpha value is -2.09. The first-order valence-corrected chi connectivity index (χ1v) is 8.50. The molecule has 1 saturated heterocycles. The largest absolute Gasteiger partial charge is 0.496 e. The minimum Gasteiger partial charge on any atom is -0.496 e. The molecular weight excluding hydrogens is 396 g/mol. The van der Waals surface area contributed by atoms with E-state index in [-0.39, 0.29) is 36.4 Å². The second-order valence-corrected chi connectivity index (χ2v) is 6.81. The number of carbonyl (C=O) groups is 3. The molecule has 8 heteroatoms. The number of Topliss-reactive ketones (excluding diaryl/α,β-unsaturated/α-hetero) is 1. The average molecular weight is 413 g/mol. The zero-order valence-corrected chi connectivity index (χ0v) is 15.6. The number of ketones is 1. The van der Waals surface area contributed by atoms with Crippen molar-refractivity contribution in [2.45, 2.75) is 37.9 Å². The van der Waals surface area contributed by atoms with Gasteiger partial charge in [0.25, 0.3) is 0 Å². The Morgan fingerprint density at radius 2 is 2.08 bits per heavy atom. The van der Waals surface area contributed by atoms with Gasteiger partial charge in [-0.2, -0.15) is 0 Å². The number of esters is 2. The van der Waals surface area contributed by atoms with E-state index in [1.807, 2.05) is 6.92 Å². The fraction of sp³-hybridized carbons (Fsp3) is 0.471. The van der Waals surface area contributed by atoms with Crippen LogP contribution in [-0.2, 0) is 19.1 Å². The molecule has 0 aromatic heterocycles. The first-order chi connectivity index (χ1) is 11.8. The maximum absolute atomic E-state index is 12.9. The van der Waals surface area contributed by atoms with Gasteiger partial charge >= 0.3 is 11.9 Å². The summed E-state index contributed by atoms with van der Waals surface area (Å²) in [6.07, 6.45) is -0.748. The van der Waals surface area contributed by atoms with Gasteiger partial charge in [-0.3, -0.25) is 9.59 Å². The summed E-state index contributed by atoms with van der Waals surface area (Å²) in [5, 5.41) is 0. The van der Waals surface area contributed by atoms with Gasteiger partial charge in [0.1, 0.15) is 17.1 Å². The van der Waals surface area contributed by atoms with Crippen molar-refractivity contribution in [2.75, 3.05) is 14.2 Å². The van der Waals surface area contributed by atoms with Crippen molar-refractivity contribution in [1.29, 1.82) is 0 Å². The van der Waals surface area contributed by atoms with E-state index in [1.165, 1.54) is 14.2 Å². The maximum atomic E-state index is 12.9. The monoisotopic (exact) mass is 412 g/mol. The summed E-state index contributed by atoms with van der Waals surface area (Å²) in [4.78, 5) is 37.0. The van der Waals surface area contributed by atoms with Gasteiger partial charge in [0.2, 0.25) is 5.60 Å². The number of rotatable bonds is 3. The Kier molecular flexibility index (Phi) is 4.49. The second-order valence-electron chi connectivity index (χ2n) is 6.01. The van der Waals surface area contributed by atoms with E-state index < -0.39 is 23.6 Å². The Labute approximate surface area is 152 Å². The fourth-order valence-electron chi connectivity index (χ4n) is 3.25. The Balaban J connectivity index is 2.17. The van der Waals surface area contributed by atoms with E-state index in [9.17, 15) is 14.4 Å². The van der Waals surface area contributed by atoms with Crippen molar-refractivity contribution < 1.29 is 33.3 Å². The van der Waals surface area contributed by atoms with E-state index in [2.05, 4.69) is 15.9 Å². The molecule has 0 amide bonds. The molecule has 25 heavy (non-hydrogen) atoms. The standard InChI is InChI=1S/C17H17BrO7/c1-8-6-10(22-2)13-9(19)7-17(16(21)23-3,25-15(13)14(8)18)11-4-5-12(20)24-11/h6,11H,4-5,7H2,1-3H3. The summed E-state index contributed by atoms with van der Waals surface area (Å²) in [5.74, 6) is -0.967. The molecule has 0 radical (unpaired) electrons. The Morgan fingerprint density at radius 3 is 2.64 bits per heavy atom. The number of benzene rings is 1. The van der Waals surface area contributed by atoms with Crippen LogP contribution >= 0.6 is 15.9 Å². The number of hydrogen-bond donors (Lipinski definition) is 0. The lowest BCUT2D eigenvalue weighted by molar-refractivity contribution is -0.175. The van der Waals surface area contributed by atoms with Gasteiger partial charge in [0, 0.05) is 6.42 Å². The van der Waals surface area contributed by atoms with Crippen LogP contribution in [0.5, 0.6) is 11.5 Å². The number of ether oxygens (including phenoxy) is 4. The summed E-state index contributed by atoms with van der Waals surface area (Å²) in [6.45, 7) is 1.81. The van der Waals surface area contributed by atoms with Crippen LogP contribution in [-0.4, -0.2) is 43.6 Å². The molecule has 2 aliphatic rings. The van der Waals surface area contributed by atoms with E-state index in [1.54, 1.807) is 6.07 Å². The Morgan fingerprint density at radius 1 is 1.36 bits per heavy atom. The molecule has 2 unspecified atom stereocenters. The van der Waals surface area contributed by atoms with Crippen LogP contribution in [0.25, 0.3) is 0 Å². The summed E-state index contributed by atoms with van der Waals surface area (Å²) >= 11 is 3.41. The minimum atomic E-state index is -1.70. The van der Waals surface area contributed by atoms with Crippen molar-refractivity contribution >= 4 is 33.7 Å². The smallest absolute Gasteiger partial charge is 0.354 e. The lowest BCUT2D eigenvalue weighted by Gasteiger charge is -2.39. The predicted octanol–water partition coefficient (Wildman–Crippen LogP) is 2.35. The molecule has 2 atom stereocenters. The third kappa shape index (κ3) is 2.68. The minimum absolute atomic E-state index is 0.159. The van der Waals surface area contributed by atoms with Crippen LogP contribution in [0.4, 0.5) is 0 Å². The van der Waals surface area contributed by atoms with E-state index >= 15 is 0 Å². The zero-order valence-electron chi connectivity index (χ0n) is 14.0. The predicted molar refractivity (Wildman–Crippen MR) is 88.9 cm³/mol. The highest BCUT2D eigenvalue weighted by Gasteiger charge is 2.58. The van der Waals surface area contributed by atoms with Gasteiger partial charge in [-0.05, 0) is 40.9 Å². The van der Waals surface area contributed by atoms with Crippen LogP contribution in [0, 0.1) is 6.92 Å². The Bertz CT molecular complexity index is 773. The number of cyclic esters (lactones) is 1. The molecule has 1 aromatic carbocycles. The number of methoxy groups -OCH3 is 2. The highest BCUT2D eigenvalue weighted by atomic mass is 79.9. The number of aryl methyl sites for hydroxylation is 1. The zero-order chi connectivity index (χ0) is 18.4. The van der Waals surface area contributed by atoms with E-state index in [4.69, 9.17) is 18.9 Å². The van der Waals surface area contributed by atoms with Crippen molar-refractivity contribution in [3.8, 4) is 11.5 Å². The number of carbonyl (C=O) groups excluding carboxylic acids is 3. The van der Waals surface area contributed by atoms with Crippen LogP contribution < -0.4 is 9.47 Å². The molecule has 1 aromatic rings. The molecule has 0 spiro atoms. The molecule has 0 N–H and O–H groups in total. The summed E-state index contributed by atoms with van der Waals surface area (Å²) in [7, 11) is 2.66. The third-order valence-electron chi connectivity index (χ3n) is 4.51. The van der Waals surface area contributed by atoms with Gasteiger partial charge < -0.3 is 18.9 Å². The van der Waals surface area contributed by atoms with Crippen LogP contribution in [0.2, 0.25) is 0 Å². The topological polar surface area (TPSA) is 88.1 Å². The fourth-order valence-corrected chi connectivity index (χ4v) is 3.64. The summed E-state index contributed by atoms with van der Waals surface area (Å²) in [6, 6.07) is 1.71. The third-order valence-corrected chi connectivity index (χ3v) is 5.49. The van der Waals surface area contributed by atoms with Crippen LogP contribution in [0.1, 0.15) is 35.2 Å². The molecule has 1 fully saturated rings.